The first-order valence-corrected chi connectivity index (χ1v) is 5.74. The van der Waals surface area contributed by atoms with Gasteiger partial charge in [0.15, 0.2) is 0 Å². The van der Waals surface area contributed by atoms with Crippen molar-refractivity contribution in [3.05, 3.63) is 0 Å². The van der Waals surface area contributed by atoms with Crippen molar-refractivity contribution in [2.24, 2.45) is 0 Å². The van der Waals surface area contributed by atoms with Gasteiger partial charge in [0.1, 0.15) is 5.78 Å². The third kappa shape index (κ3) is 9.72. The zero-order valence-electron chi connectivity index (χ0n) is 8.85. The van der Waals surface area contributed by atoms with Gasteiger partial charge in [-0.2, -0.15) is 0 Å². The Balaban J connectivity index is 3.22. The summed E-state index contributed by atoms with van der Waals surface area (Å²) in [5.74, 6) is 0.162. The predicted molar refractivity (Wildman–Crippen MR) is 58.5 cm³/mol. The van der Waals surface area contributed by atoms with Crippen LogP contribution in [0.3, 0.4) is 0 Å². The van der Waals surface area contributed by atoms with Crippen molar-refractivity contribution in [2.75, 3.05) is 0 Å². The SMILES string of the molecule is CCCCCCCC(=O)CCC(=O)Cl. The van der Waals surface area contributed by atoms with E-state index in [0.29, 0.717) is 12.8 Å². The lowest BCUT2D eigenvalue weighted by molar-refractivity contribution is -0.121. The van der Waals surface area contributed by atoms with E-state index in [1.54, 1.807) is 0 Å². The number of carbonyl (C=O) groups excluding carboxylic acids is 2. The van der Waals surface area contributed by atoms with Crippen molar-refractivity contribution in [3.8, 4) is 0 Å². The average molecular weight is 219 g/mol. The zero-order valence-corrected chi connectivity index (χ0v) is 9.61. The first-order valence-electron chi connectivity index (χ1n) is 5.36. The molecule has 0 rings (SSSR count). The minimum absolute atomic E-state index is 0.162. The number of hydrogen-bond donors (Lipinski definition) is 0. The highest BCUT2D eigenvalue weighted by Crippen LogP contribution is 2.07. The van der Waals surface area contributed by atoms with Gasteiger partial charge in [0.2, 0.25) is 5.24 Å². The van der Waals surface area contributed by atoms with Crippen LogP contribution >= 0.6 is 11.6 Å². The molecule has 14 heavy (non-hydrogen) atoms. The maximum Gasteiger partial charge on any atom is 0.222 e. The molecule has 0 unspecified atom stereocenters. The minimum atomic E-state index is -0.413. The standard InChI is InChI=1S/C11H19ClO2/c1-2-3-4-5-6-7-10(13)8-9-11(12)14/h2-9H2,1H3. The molecule has 0 aromatic rings. The van der Waals surface area contributed by atoms with Crippen LogP contribution in [0, 0.1) is 0 Å². The van der Waals surface area contributed by atoms with Gasteiger partial charge in [0.25, 0.3) is 0 Å². The van der Waals surface area contributed by atoms with E-state index in [1.807, 2.05) is 0 Å². The van der Waals surface area contributed by atoms with Crippen molar-refractivity contribution >= 4 is 22.6 Å². The number of hydrogen-bond acceptors (Lipinski definition) is 2. The molecule has 0 aliphatic carbocycles. The van der Waals surface area contributed by atoms with Gasteiger partial charge in [0, 0.05) is 19.3 Å². The van der Waals surface area contributed by atoms with Crippen LogP contribution in [0.5, 0.6) is 0 Å². The number of unbranched alkanes of at least 4 members (excludes halogenated alkanes) is 4. The lowest BCUT2D eigenvalue weighted by Gasteiger charge is -1.99. The van der Waals surface area contributed by atoms with Crippen LogP contribution in [0.2, 0.25) is 0 Å². The summed E-state index contributed by atoms with van der Waals surface area (Å²) in [6.07, 6.45) is 6.85. The second-order valence-electron chi connectivity index (χ2n) is 3.56. The molecule has 0 aliphatic heterocycles. The summed E-state index contributed by atoms with van der Waals surface area (Å²) in [7, 11) is 0. The van der Waals surface area contributed by atoms with Crippen LogP contribution < -0.4 is 0 Å². The third-order valence-electron chi connectivity index (χ3n) is 2.16. The quantitative estimate of drug-likeness (QED) is 0.439. The Bertz CT molecular complexity index is 178. The Morgan fingerprint density at radius 1 is 0.929 bits per heavy atom. The van der Waals surface area contributed by atoms with Crippen LogP contribution in [0.15, 0.2) is 0 Å². The topological polar surface area (TPSA) is 34.1 Å². The van der Waals surface area contributed by atoms with E-state index >= 15 is 0 Å². The largest absolute Gasteiger partial charge is 0.300 e. The fraction of sp³-hybridized carbons (Fsp3) is 0.818. The van der Waals surface area contributed by atoms with Crippen molar-refractivity contribution in [1.82, 2.24) is 0 Å². The van der Waals surface area contributed by atoms with Crippen molar-refractivity contribution < 1.29 is 9.59 Å². The van der Waals surface area contributed by atoms with Crippen molar-refractivity contribution in [1.29, 1.82) is 0 Å². The fourth-order valence-corrected chi connectivity index (χ4v) is 1.38. The molecule has 0 radical (unpaired) electrons. The van der Waals surface area contributed by atoms with Crippen LogP contribution in [0.1, 0.15) is 58.3 Å². The summed E-state index contributed by atoms with van der Waals surface area (Å²) in [5, 5.41) is -0.413. The Kier molecular flexibility index (Phi) is 8.95. The number of carbonyl (C=O) groups is 2. The number of rotatable bonds is 9. The molecule has 0 heterocycles. The van der Waals surface area contributed by atoms with Crippen LogP contribution in [0.4, 0.5) is 0 Å². The summed E-state index contributed by atoms with van der Waals surface area (Å²) in [4.78, 5) is 21.5. The molecule has 0 saturated carbocycles. The smallest absolute Gasteiger partial charge is 0.222 e. The van der Waals surface area contributed by atoms with E-state index < -0.39 is 5.24 Å². The highest BCUT2D eigenvalue weighted by Gasteiger charge is 2.04. The van der Waals surface area contributed by atoms with E-state index in [1.165, 1.54) is 19.3 Å². The van der Waals surface area contributed by atoms with E-state index in [2.05, 4.69) is 6.92 Å². The second-order valence-corrected chi connectivity index (χ2v) is 3.98. The molecule has 2 nitrogen and oxygen atoms in total. The van der Waals surface area contributed by atoms with Gasteiger partial charge in [-0.25, -0.2) is 0 Å². The summed E-state index contributed by atoms with van der Waals surface area (Å²) in [6, 6.07) is 0. The monoisotopic (exact) mass is 218 g/mol. The molecule has 0 aliphatic rings. The lowest BCUT2D eigenvalue weighted by atomic mass is 10.1. The highest BCUT2D eigenvalue weighted by atomic mass is 35.5. The Morgan fingerprint density at radius 3 is 2.14 bits per heavy atom. The van der Waals surface area contributed by atoms with E-state index in [9.17, 15) is 9.59 Å². The molecule has 0 spiro atoms. The van der Waals surface area contributed by atoms with Gasteiger partial charge in [0.05, 0.1) is 0 Å². The maximum atomic E-state index is 11.2. The van der Waals surface area contributed by atoms with Gasteiger partial charge in [-0.1, -0.05) is 32.6 Å². The first kappa shape index (κ1) is 13.6. The minimum Gasteiger partial charge on any atom is -0.300 e. The van der Waals surface area contributed by atoms with Gasteiger partial charge in [-0.05, 0) is 18.0 Å². The Labute approximate surface area is 91.0 Å². The van der Waals surface area contributed by atoms with Crippen LogP contribution in [-0.2, 0) is 9.59 Å². The molecule has 0 aromatic heterocycles. The number of ketones is 1. The fourth-order valence-electron chi connectivity index (χ4n) is 1.29. The Morgan fingerprint density at radius 2 is 1.57 bits per heavy atom. The molecule has 0 aromatic carbocycles. The zero-order chi connectivity index (χ0) is 10.8. The summed E-state index contributed by atoms with van der Waals surface area (Å²) in [6.45, 7) is 2.16. The van der Waals surface area contributed by atoms with Crippen molar-refractivity contribution in [2.45, 2.75) is 58.3 Å². The summed E-state index contributed by atoms with van der Waals surface area (Å²) < 4.78 is 0. The molecule has 0 N–H and O–H groups in total. The molecule has 0 atom stereocenters. The summed E-state index contributed by atoms with van der Waals surface area (Å²) in [5.41, 5.74) is 0. The Hall–Kier alpha value is -0.370. The molecular weight excluding hydrogens is 200 g/mol. The molecule has 0 saturated heterocycles. The molecular formula is C11H19ClO2. The van der Waals surface area contributed by atoms with Crippen LogP contribution in [0.25, 0.3) is 0 Å². The average Bonchev–Trinajstić information content (AvgIpc) is 2.14. The third-order valence-corrected chi connectivity index (χ3v) is 2.35. The normalized spacial score (nSPS) is 10.1. The molecule has 82 valence electrons. The second kappa shape index (κ2) is 9.20. The summed E-state index contributed by atoms with van der Waals surface area (Å²) >= 11 is 5.13. The van der Waals surface area contributed by atoms with Gasteiger partial charge in [-0.3, -0.25) is 9.59 Å². The highest BCUT2D eigenvalue weighted by molar-refractivity contribution is 6.63. The number of halogens is 1. The molecule has 0 bridgehead atoms. The number of Topliss-reactive ketones (excluding diaryl/α,β-unsaturated/α-hetero) is 1. The lowest BCUT2D eigenvalue weighted by Crippen LogP contribution is -2.00. The van der Waals surface area contributed by atoms with E-state index in [-0.39, 0.29) is 12.2 Å². The molecule has 3 heteroatoms. The van der Waals surface area contributed by atoms with Crippen molar-refractivity contribution in [3.63, 3.8) is 0 Å². The van der Waals surface area contributed by atoms with Gasteiger partial charge in [-0.15, -0.1) is 0 Å². The van der Waals surface area contributed by atoms with E-state index in [0.717, 1.165) is 12.8 Å². The molecule has 0 amide bonds. The predicted octanol–water partition coefficient (Wildman–Crippen LogP) is 3.46. The molecule has 0 fully saturated rings. The van der Waals surface area contributed by atoms with E-state index in [4.69, 9.17) is 11.6 Å². The van der Waals surface area contributed by atoms with Crippen LogP contribution in [-0.4, -0.2) is 11.0 Å². The van der Waals surface area contributed by atoms with Gasteiger partial charge < -0.3 is 0 Å². The first-order chi connectivity index (χ1) is 6.66. The van der Waals surface area contributed by atoms with Gasteiger partial charge >= 0.3 is 0 Å². The maximum absolute atomic E-state index is 11.2.